The van der Waals surface area contributed by atoms with Crippen LogP contribution in [0.15, 0.2) is 42.7 Å². The van der Waals surface area contributed by atoms with Crippen LogP contribution in [0.1, 0.15) is 28.4 Å². The molecule has 0 aliphatic heterocycles. The molecule has 1 amide bonds. The number of aromatic nitrogens is 5. The quantitative estimate of drug-likeness (QED) is 0.634. The Kier molecular flexibility index (Phi) is 5.52. The van der Waals surface area contributed by atoms with Crippen molar-refractivity contribution >= 4 is 17.5 Å². The average molecular weight is 351 g/mol. The molecule has 2 heterocycles. The molecule has 8 nitrogen and oxygen atoms in total. The van der Waals surface area contributed by atoms with Crippen molar-refractivity contribution in [2.75, 3.05) is 11.9 Å². The topological polar surface area (TPSA) is 97.6 Å². The Balaban J connectivity index is 1.46. The molecule has 134 valence electrons. The minimum absolute atomic E-state index is 0.192. The van der Waals surface area contributed by atoms with E-state index in [-0.39, 0.29) is 5.91 Å². The summed E-state index contributed by atoms with van der Waals surface area (Å²) in [4.78, 5) is 24.8. The Bertz CT molecular complexity index is 859. The van der Waals surface area contributed by atoms with Crippen molar-refractivity contribution in [3.8, 4) is 0 Å². The van der Waals surface area contributed by atoms with Gasteiger partial charge in [-0.1, -0.05) is 18.2 Å². The minimum Gasteiger partial charge on any atom is -0.352 e. The Hall–Kier alpha value is -3.29. The molecule has 0 radical (unpaired) electrons. The maximum atomic E-state index is 12.2. The van der Waals surface area contributed by atoms with Gasteiger partial charge in [0.25, 0.3) is 5.91 Å². The molecule has 3 aromatic rings. The molecule has 0 aliphatic carbocycles. The van der Waals surface area contributed by atoms with Crippen LogP contribution in [0.25, 0.3) is 0 Å². The zero-order chi connectivity index (χ0) is 18.4. The van der Waals surface area contributed by atoms with Gasteiger partial charge in [0.05, 0.1) is 5.56 Å². The fourth-order valence-corrected chi connectivity index (χ4v) is 2.47. The third kappa shape index (κ3) is 4.62. The Labute approximate surface area is 151 Å². The van der Waals surface area contributed by atoms with Gasteiger partial charge >= 0.3 is 0 Å². The van der Waals surface area contributed by atoms with E-state index in [2.05, 4.69) is 30.7 Å². The van der Waals surface area contributed by atoms with E-state index in [0.29, 0.717) is 24.6 Å². The smallest absolute Gasteiger partial charge is 0.254 e. The lowest BCUT2D eigenvalue weighted by Gasteiger charge is -2.07. The Morgan fingerprint density at radius 3 is 2.50 bits per heavy atom. The maximum absolute atomic E-state index is 12.2. The number of amides is 1. The highest BCUT2D eigenvalue weighted by Crippen LogP contribution is 2.11. The summed E-state index contributed by atoms with van der Waals surface area (Å²) >= 11 is 0. The number of nitrogens with one attached hydrogen (secondary N) is 2. The molecule has 0 atom stereocenters. The van der Waals surface area contributed by atoms with Crippen LogP contribution in [-0.2, 0) is 6.54 Å². The van der Waals surface area contributed by atoms with Crippen molar-refractivity contribution in [3.05, 3.63) is 59.9 Å². The summed E-state index contributed by atoms with van der Waals surface area (Å²) < 4.78 is 1.84. The van der Waals surface area contributed by atoms with Gasteiger partial charge in [-0.25, -0.2) is 15.0 Å². The standard InChI is InChI=1S/C18H21N7O/c1-13-22-14(2)25(24-13)10-6-9-19-17(26)15-11-20-18(21-12-15)23-16-7-4-3-5-8-16/h3-5,7-8,11-12H,6,9-10H2,1-2H3,(H,19,26)(H,20,21,23). The van der Waals surface area contributed by atoms with E-state index in [1.54, 1.807) is 0 Å². The number of carbonyl (C=O) groups is 1. The number of anilines is 2. The van der Waals surface area contributed by atoms with E-state index in [1.165, 1.54) is 12.4 Å². The van der Waals surface area contributed by atoms with E-state index in [4.69, 9.17) is 0 Å². The minimum atomic E-state index is -0.192. The summed E-state index contributed by atoms with van der Waals surface area (Å²) in [6.07, 6.45) is 3.79. The van der Waals surface area contributed by atoms with Gasteiger partial charge in [-0.15, -0.1) is 0 Å². The molecule has 0 bridgehead atoms. The third-order valence-corrected chi connectivity index (χ3v) is 3.74. The summed E-state index contributed by atoms with van der Waals surface area (Å²) in [6.45, 7) is 5.03. The van der Waals surface area contributed by atoms with Gasteiger partial charge in [0.1, 0.15) is 11.6 Å². The number of hydrogen-bond donors (Lipinski definition) is 2. The van der Waals surface area contributed by atoms with E-state index in [9.17, 15) is 4.79 Å². The van der Waals surface area contributed by atoms with Crippen molar-refractivity contribution in [2.24, 2.45) is 0 Å². The molecule has 0 saturated carbocycles. The van der Waals surface area contributed by atoms with Gasteiger partial charge in [0.15, 0.2) is 0 Å². The molecule has 0 spiro atoms. The van der Waals surface area contributed by atoms with Gasteiger partial charge in [0.2, 0.25) is 5.95 Å². The highest BCUT2D eigenvalue weighted by Gasteiger charge is 2.07. The predicted molar refractivity (Wildman–Crippen MR) is 98.2 cm³/mol. The molecule has 26 heavy (non-hydrogen) atoms. The number of carbonyl (C=O) groups excluding carboxylic acids is 1. The number of benzene rings is 1. The highest BCUT2D eigenvalue weighted by molar-refractivity contribution is 5.93. The summed E-state index contributed by atoms with van der Waals surface area (Å²) in [7, 11) is 0. The van der Waals surface area contributed by atoms with Crippen molar-refractivity contribution in [2.45, 2.75) is 26.8 Å². The van der Waals surface area contributed by atoms with Gasteiger partial charge in [0, 0.05) is 31.2 Å². The van der Waals surface area contributed by atoms with Gasteiger partial charge in [-0.3, -0.25) is 9.48 Å². The molecule has 0 saturated heterocycles. The normalized spacial score (nSPS) is 10.5. The molecular weight excluding hydrogens is 330 g/mol. The number of hydrogen-bond acceptors (Lipinski definition) is 6. The van der Waals surface area contributed by atoms with E-state index >= 15 is 0 Å². The summed E-state index contributed by atoms with van der Waals surface area (Å²) in [6, 6.07) is 9.62. The lowest BCUT2D eigenvalue weighted by Crippen LogP contribution is -2.25. The third-order valence-electron chi connectivity index (χ3n) is 3.74. The van der Waals surface area contributed by atoms with E-state index < -0.39 is 0 Å². The van der Waals surface area contributed by atoms with Crippen LogP contribution in [0.2, 0.25) is 0 Å². The number of aryl methyl sites for hydroxylation is 3. The molecule has 0 fully saturated rings. The van der Waals surface area contributed by atoms with Crippen LogP contribution in [0, 0.1) is 13.8 Å². The van der Waals surface area contributed by atoms with Crippen molar-refractivity contribution in [3.63, 3.8) is 0 Å². The SMILES string of the molecule is Cc1nc(C)n(CCCNC(=O)c2cnc(Nc3ccccc3)nc2)n1. The fourth-order valence-electron chi connectivity index (χ4n) is 2.47. The van der Waals surface area contributed by atoms with E-state index in [0.717, 1.165) is 23.8 Å². The molecule has 3 rings (SSSR count). The van der Waals surface area contributed by atoms with Crippen LogP contribution in [0.5, 0.6) is 0 Å². The molecule has 0 unspecified atom stereocenters. The van der Waals surface area contributed by atoms with Crippen LogP contribution < -0.4 is 10.6 Å². The maximum Gasteiger partial charge on any atom is 0.254 e. The van der Waals surface area contributed by atoms with Crippen LogP contribution in [-0.4, -0.2) is 37.2 Å². The first kappa shape index (κ1) is 17.5. The first-order valence-electron chi connectivity index (χ1n) is 8.42. The first-order valence-corrected chi connectivity index (χ1v) is 8.42. The Morgan fingerprint density at radius 1 is 1.12 bits per heavy atom. The van der Waals surface area contributed by atoms with Crippen molar-refractivity contribution < 1.29 is 4.79 Å². The first-order chi connectivity index (χ1) is 12.6. The second-order valence-corrected chi connectivity index (χ2v) is 5.83. The molecule has 0 aliphatic rings. The van der Waals surface area contributed by atoms with Gasteiger partial charge in [-0.05, 0) is 32.4 Å². The molecule has 2 aromatic heterocycles. The van der Waals surface area contributed by atoms with Crippen LogP contribution >= 0.6 is 0 Å². The monoisotopic (exact) mass is 351 g/mol. The van der Waals surface area contributed by atoms with Crippen LogP contribution in [0.3, 0.4) is 0 Å². The summed E-state index contributed by atoms with van der Waals surface area (Å²) in [5.41, 5.74) is 1.32. The average Bonchev–Trinajstić information content (AvgIpc) is 2.97. The fraction of sp³-hybridized carbons (Fsp3) is 0.278. The summed E-state index contributed by atoms with van der Waals surface area (Å²) in [5.74, 6) is 1.89. The lowest BCUT2D eigenvalue weighted by molar-refractivity contribution is 0.0952. The summed E-state index contributed by atoms with van der Waals surface area (Å²) in [5, 5.41) is 10.2. The zero-order valence-corrected chi connectivity index (χ0v) is 14.8. The number of para-hydroxylation sites is 1. The molecular formula is C18H21N7O. The molecule has 1 aromatic carbocycles. The van der Waals surface area contributed by atoms with Gasteiger partial charge < -0.3 is 10.6 Å². The highest BCUT2D eigenvalue weighted by atomic mass is 16.1. The van der Waals surface area contributed by atoms with Crippen molar-refractivity contribution in [1.29, 1.82) is 0 Å². The molecule has 2 N–H and O–H groups in total. The second kappa shape index (κ2) is 8.19. The van der Waals surface area contributed by atoms with Crippen molar-refractivity contribution in [1.82, 2.24) is 30.0 Å². The zero-order valence-electron chi connectivity index (χ0n) is 14.8. The second-order valence-electron chi connectivity index (χ2n) is 5.83. The van der Waals surface area contributed by atoms with Gasteiger partial charge in [-0.2, -0.15) is 5.10 Å². The number of nitrogens with zero attached hydrogens (tertiary/aromatic N) is 5. The lowest BCUT2D eigenvalue weighted by atomic mass is 10.3. The molecule has 8 heteroatoms. The Morgan fingerprint density at radius 2 is 1.85 bits per heavy atom. The largest absolute Gasteiger partial charge is 0.352 e. The van der Waals surface area contributed by atoms with E-state index in [1.807, 2.05) is 48.9 Å². The number of rotatable bonds is 7. The predicted octanol–water partition coefficient (Wildman–Crippen LogP) is 2.25. The van der Waals surface area contributed by atoms with Crippen LogP contribution in [0.4, 0.5) is 11.6 Å².